The van der Waals surface area contributed by atoms with Gasteiger partial charge in [0, 0.05) is 25.0 Å². The SMILES string of the molecule is COc1ccc(CNc2nc(N3CCc4ccccc43)ncc2C(=O)NCC(=O)OC(C)(C)C)cc1. The molecule has 0 atom stereocenters. The second-order valence-corrected chi connectivity index (χ2v) is 9.43. The summed E-state index contributed by atoms with van der Waals surface area (Å²) < 4.78 is 10.5. The predicted octanol–water partition coefficient (Wildman–Crippen LogP) is 3.86. The zero-order valence-electron chi connectivity index (χ0n) is 21.0. The van der Waals surface area contributed by atoms with Gasteiger partial charge < -0.3 is 25.0 Å². The van der Waals surface area contributed by atoms with E-state index in [1.807, 2.05) is 47.4 Å². The fourth-order valence-electron chi connectivity index (χ4n) is 3.90. The van der Waals surface area contributed by atoms with Gasteiger partial charge in [0.05, 0.1) is 7.11 Å². The van der Waals surface area contributed by atoms with Crippen LogP contribution in [0.3, 0.4) is 0 Å². The lowest BCUT2D eigenvalue weighted by Gasteiger charge is -2.20. The molecule has 9 nitrogen and oxygen atoms in total. The standard InChI is InChI=1S/C27H31N5O4/c1-27(2,3)36-23(33)17-29-25(34)21-16-30-26(32-14-13-19-7-5-6-8-22(19)32)31-24(21)28-15-18-9-11-20(35-4)12-10-18/h5-12,16H,13-15,17H2,1-4H3,(H,29,34)(H,28,30,31). The molecule has 1 aliphatic rings. The van der Waals surface area contributed by atoms with E-state index in [0.29, 0.717) is 18.3 Å². The number of esters is 1. The molecule has 0 bridgehead atoms. The Bertz CT molecular complexity index is 1240. The summed E-state index contributed by atoms with van der Waals surface area (Å²) in [5.41, 5.74) is 2.88. The average molecular weight is 490 g/mol. The van der Waals surface area contributed by atoms with Crippen molar-refractivity contribution in [1.29, 1.82) is 0 Å². The molecule has 1 aliphatic heterocycles. The van der Waals surface area contributed by atoms with Crippen LogP contribution in [-0.4, -0.2) is 47.6 Å². The molecular weight excluding hydrogens is 458 g/mol. The Balaban J connectivity index is 1.56. The summed E-state index contributed by atoms with van der Waals surface area (Å²) in [4.78, 5) is 36.3. The maximum atomic E-state index is 13.0. The number of aromatic nitrogens is 2. The average Bonchev–Trinajstić information content (AvgIpc) is 3.29. The molecule has 1 aromatic heterocycles. The van der Waals surface area contributed by atoms with Crippen molar-refractivity contribution in [1.82, 2.24) is 15.3 Å². The fraction of sp³-hybridized carbons (Fsp3) is 0.333. The lowest BCUT2D eigenvalue weighted by atomic mass is 10.2. The minimum atomic E-state index is -0.635. The molecule has 1 amide bonds. The Morgan fingerprint density at radius 2 is 1.83 bits per heavy atom. The normalized spacial score (nSPS) is 12.6. The highest BCUT2D eigenvalue weighted by Gasteiger charge is 2.24. The Morgan fingerprint density at radius 1 is 1.08 bits per heavy atom. The molecule has 0 fully saturated rings. The van der Waals surface area contributed by atoms with Crippen LogP contribution < -0.4 is 20.3 Å². The zero-order chi connectivity index (χ0) is 25.7. The Labute approximate surface area is 210 Å². The minimum absolute atomic E-state index is 0.239. The third kappa shape index (κ3) is 6.10. The fourth-order valence-corrected chi connectivity index (χ4v) is 3.90. The van der Waals surface area contributed by atoms with E-state index in [1.54, 1.807) is 27.9 Å². The minimum Gasteiger partial charge on any atom is -0.497 e. The third-order valence-corrected chi connectivity index (χ3v) is 5.58. The quantitative estimate of drug-likeness (QED) is 0.460. The van der Waals surface area contributed by atoms with E-state index in [0.717, 1.165) is 30.0 Å². The highest BCUT2D eigenvalue weighted by atomic mass is 16.6. The molecule has 36 heavy (non-hydrogen) atoms. The molecule has 0 unspecified atom stereocenters. The number of methoxy groups -OCH3 is 1. The molecule has 0 aliphatic carbocycles. The van der Waals surface area contributed by atoms with E-state index >= 15 is 0 Å². The van der Waals surface area contributed by atoms with E-state index in [-0.39, 0.29) is 12.1 Å². The summed E-state index contributed by atoms with van der Waals surface area (Å²) >= 11 is 0. The van der Waals surface area contributed by atoms with Crippen LogP contribution >= 0.6 is 0 Å². The first-order chi connectivity index (χ1) is 17.2. The molecule has 2 N–H and O–H groups in total. The number of benzene rings is 2. The van der Waals surface area contributed by atoms with Gasteiger partial charge in [-0.3, -0.25) is 9.59 Å². The molecule has 0 radical (unpaired) electrons. The number of nitrogens with zero attached hydrogens (tertiary/aromatic N) is 3. The van der Waals surface area contributed by atoms with E-state index in [9.17, 15) is 9.59 Å². The van der Waals surface area contributed by atoms with Gasteiger partial charge in [0.1, 0.15) is 29.3 Å². The van der Waals surface area contributed by atoms with Crippen molar-refractivity contribution in [3.63, 3.8) is 0 Å². The molecule has 2 aromatic carbocycles. The van der Waals surface area contributed by atoms with Crippen LogP contribution in [0.15, 0.2) is 54.7 Å². The van der Waals surface area contributed by atoms with Crippen molar-refractivity contribution in [3.05, 3.63) is 71.4 Å². The summed E-state index contributed by atoms with van der Waals surface area (Å²) in [6.07, 6.45) is 2.39. The Hall–Kier alpha value is -4.14. The molecule has 3 aromatic rings. The second kappa shape index (κ2) is 10.6. The van der Waals surface area contributed by atoms with E-state index in [1.165, 1.54) is 11.8 Å². The number of rotatable bonds is 8. The van der Waals surface area contributed by atoms with Crippen molar-refractivity contribution in [2.24, 2.45) is 0 Å². The smallest absolute Gasteiger partial charge is 0.325 e. The first-order valence-corrected chi connectivity index (χ1v) is 11.8. The Morgan fingerprint density at radius 3 is 2.56 bits per heavy atom. The number of amides is 1. The monoisotopic (exact) mass is 489 g/mol. The summed E-state index contributed by atoms with van der Waals surface area (Å²) in [6, 6.07) is 15.8. The summed E-state index contributed by atoms with van der Waals surface area (Å²) in [7, 11) is 1.62. The summed E-state index contributed by atoms with van der Waals surface area (Å²) in [6.45, 7) is 6.26. The van der Waals surface area contributed by atoms with Gasteiger partial charge in [0.25, 0.3) is 5.91 Å². The van der Waals surface area contributed by atoms with Crippen LogP contribution in [0.4, 0.5) is 17.5 Å². The molecule has 4 rings (SSSR count). The number of nitrogens with one attached hydrogen (secondary N) is 2. The number of ether oxygens (including phenoxy) is 2. The van der Waals surface area contributed by atoms with Crippen LogP contribution in [0.5, 0.6) is 5.75 Å². The van der Waals surface area contributed by atoms with Gasteiger partial charge in [-0.15, -0.1) is 0 Å². The van der Waals surface area contributed by atoms with Crippen molar-refractivity contribution in [2.45, 2.75) is 39.3 Å². The molecule has 9 heteroatoms. The van der Waals surface area contributed by atoms with Crippen molar-refractivity contribution in [3.8, 4) is 5.75 Å². The van der Waals surface area contributed by atoms with Crippen LogP contribution in [-0.2, 0) is 22.5 Å². The highest BCUT2D eigenvalue weighted by Crippen LogP contribution is 2.33. The van der Waals surface area contributed by atoms with Crippen LogP contribution in [0.1, 0.15) is 42.3 Å². The number of anilines is 3. The van der Waals surface area contributed by atoms with Gasteiger partial charge in [-0.05, 0) is 56.5 Å². The number of fused-ring (bicyclic) bond motifs is 1. The van der Waals surface area contributed by atoms with Gasteiger partial charge in [-0.1, -0.05) is 30.3 Å². The third-order valence-electron chi connectivity index (χ3n) is 5.58. The maximum absolute atomic E-state index is 13.0. The lowest BCUT2D eigenvalue weighted by Crippen LogP contribution is -2.35. The molecule has 0 saturated carbocycles. The number of hydrogen-bond donors (Lipinski definition) is 2. The highest BCUT2D eigenvalue weighted by molar-refractivity contribution is 6.00. The topological polar surface area (TPSA) is 106 Å². The predicted molar refractivity (Wildman–Crippen MR) is 138 cm³/mol. The van der Waals surface area contributed by atoms with E-state index in [2.05, 4.69) is 21.7 Å². The van der Waals surface area contributed by atoms with Gasteiger partial charge in [-0.2, -0.15) is 4.98 Å². The number of carbonyl (C=O) groups excluding carboxylic acids is 2. The molecule has 0 saturated heterocycles. The van der Waals surface area contributed by atoms with E-state index in [4.69, 9.17) is 14.5 Å². The number of carbonyl (C=O) groups is 2. The zero-order valence-corrected chi connectivity index (χ0v) is 21.0. The molecule has 2 heterocycles. The van der Waals surface area contributed by atoms with E-state index < -0.39 is 17.5 Å². The van der Waals surface area contributed by atoms with Gasteiger partial charge in [0.15, 0.2) is 0 Å². The second-order valence-electron chi connectivity index (χ2n) is 9.43. The van der Waals surface area contributed by atoms with Crippen LogP contribution in [0, 0.1) is 0 Å². The van der Waals surface area contributed by atoms with Crippen LogP contribution in [0.25, 0.3) is 0 Å². The lowest BCUT2D eigenvalue weighted by molar-refractivity contribution is -0.153. The van der Waals surface area contributed by atoms with Gasteiger partial charge in [0.2, 0.25) is 5.95 Å². The largest absolute Gasteiger partial charge is 0.497 e. The molecule has 0 spiro atoms. The van der Waals surface area contributed by atoms with Gasteiger partial charge in [-0.25, -0.2) is 4.98 Å². The first-order valence-electron chi connectivity index (χ1n) is 11.8. The van der Waals surface area contributed by atoms with Crippen molar-refractivity contribution < 1.29 is 19.1 Å². The van der Waals surface area contributed by atoms with Gasteiger partial charge >= 0.3 is 5.97 Å². The van der Waals surface area contributed by atoms with Crippen molar-refractivity contribution in [2.75, 3.05) is 30.4 Å². The molecule has 188 valence electrons. The molecular formula is C27H31N5O4. The number of para-hydroxylation sites is 1. The maximum Gasteiger partial charge on any atom is 0.325 e. The van der Waals surface area contributed by atoms with Crippen molar-refractivity contribution >= 4 is 29.3 Å². The van der Waals surface area contributed by atoms with Crippen LogP contribution in [0.2, 0.25) is 0 Å². The Kier molecular flexibility index (Phi) is 7.38. The summed E-state index contributed by atoms with van der Waals surface area (Å²) in [5.74, 6) is 0.655. The summed E-state index contributed by atoms with van der Waals surface area (Å²) in [5, 5.41) is 5.88. The number of hydrogen-bond acceptors (Lipinski definition) is 8. The first kappa shape index (κ1) is 25.0.